The summed E-state index contributed by atoms with van der Waals surface area (Å²) in [7, 11) is 1.33. The Bertz CT molecular complexity index is 641. The molecule has 2 aromatic rings. The zero-order valence-corrected chi connectivity index (χ0v) is 12.7. The number of esters is 1. The topological polar surface area (TPSA) is 76.7 Å². The minimum Gasteiger partial charge on any atom is -0.465 e. The van der Waals surface area contributed by atoms with Crippen LogP contribution in [0.15, 0.2) is 54.6 Å². The Hall–Kier alpha value is -2.86. The summed E-state index contributed by atoms with van der Waals surface area (Å²) in [6.45, 7) is 0.615. The van der Waals surface area contributed by atoms with Crippen molar-refractivity contribution < 1.29 is 19.2 Å². The molecule has 6 heteroatoms. The van der Waals surface area contributed by atoms with Crippen LogP contribution in [-0.2, 0) is 22.7 Å². The molecule has 23 heavy (non-hydrogen) atoms. The first-order valence-electron chi connectivity index (χ1n) is 7.06. The number of carbonyl (C=O) groups excluding carboxylic acids is 2. The molecule has 0 atom stereocenters. The van der Waals surface area contributed by atoms with Crippen molar-refractivity contribution in [3.8, 4) is 0 Å². The highest BCUT2D eigenvalue weighted by Crippen LogP contribution is 2.05. The summed E-state index contributed by atoms with van der Waals surface area (Å²) in [5, 5.41) is 2.66. The fourth-order valence-electron chi connectivity index (χ4n) is 1.85. The van der Waals surface area contributed by atoms with Crippen LogP contribution in [0.4, 0.5) is 4.79 Å². The quantitative estimate of drug-likeness (QED) is 0.634. The van der Waals surface area contributed by atoms with Gasteiger partial charge in [0.1, 0.15) is 0 Å². The third-order valence-electron chi connectivity index (χ3n) is 3.07. The van der Waals surface area contributed by atoms with Crippen molar-refractivity contribution in [1.29, 1.82) is 0 Å². The summed E-state index contributed by atoms with van der Waals surface area (Å²) in [6, 6.07) is 15.9. The van der Waals surface area contributed by atoms with E-state index in [4.69, 9.17) is 4.84 Å². The van der Waals surface area contributed by atoms with Gasteiger partial charge >= 0.3 is 12.0 Å². The van der Waals surface area contributed by atoms with E-state index < -0.39 is 12.0 Å². The number of hydroxylamine groups is 1. The SMILES string of the molecule is COC(=O)c1ccc(CNC(=O)NOCc2ccccc2)cc1. The molecule has 2 aromatic carbocycles. The van der Waals surface area contributed by atoms with Crippen molar-refractivity contribution in [2.24, 2.45) is 0 Å². The molecule has 0 aliphatic rings. The van der Waals surface area contributed by atoms with E-state index in [2.05, 4.69) is 15.5 Å². The lowest BCUT2D eigenvalue weighted by atomic mass is 10.1. The number of hydrogen-bond donors (Lipinski definition) is 2. The van der Waals surface area contributed by atoms with Gasteiger partial charge in [0.2, 0.25) is 0 Å². The third-order valence-corrected chi connectivity index (χ3v) is 3.07. The molecule has 2 rings (SSSR count). The van der Waals surface area contributed by atoms with Crippen LogP contribution < -0.4 is 10.8 Å². The van der Waals surface area contributed by atoms with E-state index in [1.54, 1.807) is 24.3 Å². The lowest BCUT2D eigenvalue weighted by molar-refractivity contribution is 0.0489. The molecule has 0 radical (unpaired) electrons. The summed E-state index contributed by atoms with van der Waals surface area (Å²) < 4.78 is 4.62. The molecular formula is C17H18N2O4. The van der Waals surface area contributed by atoms with Gasteiger partial charge in [-0.05, 0) is 23.3 Å². The Kier molecular flexibility index (Phi) is 6.14. The molecule has 0 fully saturated rings. The molecule has 2 N–H and O–H groups in total. The van der Waals surface area contributed by atoms with E-state index in [9.17, 15) is 9.59 Å². The Morgan fingerprint density at radius 1 is 0.957 bits per heavy atom. The van der Waals surface area contributed by atoms with Crippen molar-refractivity contribution in [1.82, 2.24) is 10.8 Å². The Balaban J connectivity index is 1.70. The smallest absolute Gasteiger partial charge is 0.338 e. The van der Waals surface area contributed by atoms with Crippen LogP contribution in [0, 0.1) is 0 Å². The fraction of sp³-hybridized carbons (Fsp3) is 0.176. The van der Waals surface area contributed by atoms with Crippen LogP contribution in [0.3, 0.4) is 0 Å². The average Bonchev–Trinajstić information content (AvgIpc) is 2.60. The number of urea groups is 1. The molecule has 0 saturated heterocycles. The predicted octanol–water partition coefficient (Wildman–Crippen LogP) is 2.40. The Labute approximate surface area is 134 Å². The van der Waals surface area contributed by atoms with Crippen LogP contribution in [-0.4, -0.2) is 19.1 Å². The predicted molar refractivity (Wildman–Crippen MR) is 84.4 cm³/mol. The Morgan fingerprint density at radius 2 is 1.65 bits per heavy atom. The van der Waals surface area contributed by atoms with Gasteiger partial charge in [0.25, 0.3) is 0 Å². The molecule has 120 valence electrons. The minimum absolute atomic E-state index is 0.294. The van der Waals surface area contributed by atoms with Crippen molar-refractivity contribution in [2.75, 3.05) is 7.11 Å². The highest BCUT2D eigenvalue weighted by atomic mass is 16.7. The summed E-state index contributed by atoms with van der Waals surface area (Å²) in [4.78, 5) is 28.0. The molecule has 0 aliphatic carbocycles. The van der Waals surface area contributed by atoms with Gasteiger partial charge in [0.05, 0.1) is 19.3 Å². The van der Waals surface area contributed by atoms with Crippen molar-refractivity contribution in [3.05, 3.63) is 71.3 Å². The van der Waals surface area contributed by atoms with Crippen LogP contribution in [0.1, 0.15) is 21.5 Å². The largest absolute Gasteiger partial charge is 0.465 e. The summed E-state index contributed by atoms with van der Waals surface area (Å²) >= 11 is 0. The van der Waals surface area contributed by atoms with E-state index in [0.717, 1.165) is 11.1 Å². The summed E-state index contributed by atoms with van der Waals surface area (Å²) in [5.41, 5.74) is 4.60. The maximum Gasteiger partial charge on any atom is 0.338 e. The average molecular weight is 314 g/mol. The summed E-state index contributed by atoms with van der Waals surface area (Å²) in [6.07, 6.45) is 0. The zero-order valence-electron chi connectivity index (χ0n) is 12.7. The molecule has 0 bridgehead atoms. The van der Waals surface area contributed by atoms with Gasteiger partial charge in [-0.2, -0.15) is 0 Å². The van der Waals surface area contributed by atoms with E-state index >= 15 is 0 Å². The number of carbonyl (C=O) groups is 2. The van der Waals surface area contributed by atoms with Gasteiger partial charge in [0.15, 0.2) is 0 Å². The lowest BCUT2D eigenvalue weighted by Gasteiger charge is -2.08. The molecule has 0 aromatic heterocycles. The van der Waals surface area contributed by atoms with E-state index in [1.807, 2.05) is 30.3 Å². The van der Waals surface area contributed by atoms with Crippen LogP contribution >= 0.6 is 0 Å². The fourth-order valence-corrected chi connectivity index (χ4v) is 1.85. The first-order chi connectivity index (χ1) is 11.2. The van der Waals surface area contributed by atoms with Crippen LogP contribution in [0.2, 0.25) is 0 Å². The first kappa shape index (κ1) is 16.5. The second-order valence-electron chi connectivity index (χ2n) is 4.75. The number of ether oxygens (including phenoxy) is 1. The number of nitrogens with one attached hydrogen (secondary N) is 2. The first-order valence-corrected chi connectivity index (χ1v) is 7.06. The zero-order chi connectivity index (χ0) is 16.5. The molecule has 0 spiro atoms. The second-order valence-corrected chi connectivity index (χ2v) is 4.75. The van der Waals surface area contributed by atoms with Gasteiger partial charge in [0, 0.05) is 6.54 Å². The number of benzene rings is 2. The van der Waals surface area contributed by atoms with Gasteiger partial charge in [-0.3, -0.25) is 4.84 Å². The van der Waals surface area contributed by atoms with Gasteiger partial charge in [-0.25, -0.2) is 15.1 Å². The monoisotopic (exact) mass is 314 g/mol. The highest BCUT2D eigenvalue weighted by molar-refractivity contribution is 5.89. The third kappa shape index (κ3) is 5.44. The highest BCUT2D eigenvalue weighted by Gasteiger charge is 2.05. The molecule has 0 heterocycles. The van der Waals surface area contributed by atoms with E-state index in [0.29, 0.717) is 18.7 Å². The maximum absolute atomic E-state index is 11.6. The molecule has 0 saturated carbocycles. The van der Waals surface area contributed by atoms with Gasteiger partial charge in [-0.15, -0.1) is 0 Å². The molecule has 0 unspecified atom stereocenters. The van der Waals surface area contributed by atoms with E-state index in [1.165, 1.54) is 7.11 Å². The lowest BCUT2D eigenvalue weighted by Crippen LogP contribution is -2.34. The normalized spacial score (nSPS) is 9.96. The second kappa shape index (κ2) is 8.55. The number of methoxy groups -OCH3 is 1. The number of hydrogen-bond acceptors (Lipinski definition) is 4. The minimum atomic E-state index is -0.432. The van der Waals surface area contributed by atoms with E-state index in [-0.39, 0.29) is 0 Å². The van der Waals surface area contributed by atoms with Gasteiger partial charge < -0.3 is 10.1 Å². The molecular weight excluding hydrogens is 296 g/mol. The van der Waals surface area contributed by atoms with Crippen molar-refractivity contribution in [2.45, 2.75) is 13.2 Å². The number of amides is 2. The molecule has 0 aliphatic heterocycles. The van der Waals surface area contributed by atoms with Crippen LogP contribution in [0.5, 0.6) is 0 Å². The standard InChI is InChI=1S/C17H18N2O4/c1-22-16(20)15-9-7-13(8-10-15)11-18-17(21)19-23-12-14-5-3-2-4-6-14/h2-10H,11-12H2,1H3,(H2,18,19,21). The van der Waals surface area contributed by atoms with Gasteiger partial charge in [-0.1, -0.05) is 42.5 Å². The number of rotatable bonds is 6. The Morgan fingerprint density at radius 3 is 2.30 bits per heavy atom. The molecule has 2 amide bonds. The summed E-state index contributed by atoms with van der Waals surface area (Å²) in [5.74, 6) is -0.392. The van der Waals surface area contributed by atoms with Crippen molar-refractivity contribution >= 4 is 12.0 Å². The van der Waals surface area contributed by atoms with Crippen molar-refractivity contribution in [3.63, 3.8) is 0 Å². The van der Waals surface area contributed by atoms with Crippen LogP contribution in [0.25, 0.3) is 0 Å². The molecule has 6 nitrogen and oxygen atoms in total. The maximum atomic E-state index is 11.6.